The number of hydrogen-bond acceptors (Lipinski definition) is 15. The zero-order valence-electron chi connectivity index (χ0n) is 18.3. The molecule has 12 N–H and O–H groups in total. The largest absolute Gasteiger partial charge is 0.789 e. The van der Waals surface area contributed by atoms with Crippen molar-refractivity contribution in [2.24, 2.45) is 0 Å². The number of imidazole rings is 1. The van der Waals surface area contributed by atoms with Crippen molar-refractivity contribution in [3.8, 4) is 0 Å². The van der Waals surface area contributed by atoms with Crippen LogP contribution in [0.1, 0.15) is 6.23 Å². The predicted octanol–water partition coefficient (Wildman–Crippen LogP) is -6.13. The maximum atomic E-state index is 11.7. The molecule has 21 nitrogen and oxygen atoms in total. The van der Waals surface area contributed by atoms with E-state index in [0.717, 1.165) is 6.33 Å². The summed E-state index contributed by atoms with van der Waals surface area (Å²) < 4.78 is 51.2. The molecule has 0 aliphatic carbocycles. The van der Waals surface area contributed by atoms with E-state index in [1.54, 1.807) is 0 Å². The Bertz CT molecular complexity index is 1120. The molecule has 1 saturated heterocycles. The maximum absolute atomic E-state index is 11.7. The summed E-state index contributed by atoms with van der Waals surface area (Å²) in [4.78, 5) is 50.8. The minimum Gasteiger partial charge on any atom is -0.789 e. The number of rotatable bonds is 8. The number of ether oxygens (including phenoxy) is 1. The van der Waals surface area contributed by atoms with Crippen molar-refractivity contribution in [1.29, 1.82) is 0 Å². The molecule has 36 heavy (non-hydrogen) atoms. The van der Waals surface area contributed by atoms with Gasteiger partial charge in [-0.05, 0) is 0 Å². The first-order valence-corrected chi connectivity index (χ1v) is 12.3. The SMILES string of the molecule is Nc1ncnc2c1ncn2[C@@H]1O[C@H](COP(=O)(O)OP(=O)(O)OP(=O)([O-])[O-])[C@H](O)C1O.O.O.O.[Na].[Na]. The summed E-state index contributed by atoms with van der Waals surface area (Å²) in [5.74, 6) is 0.0337. The number of aliphatic hydroxyl groups is 2. The maximum Gasteiger partial charge on any atom is 0.484 e. The fraction of sp³-hybridized carbons (Fsp3) is 0.500. The molecule has 0 saturated carbocycles. The van der Waals surface area contributed by atoms with E-state index in [4.69, 9.17) is 15.4 Å². The van der Waals surface area contributed by atoms with Gasteiger partial charge in [0.25, 0.3) is 0 Å². The number of phosphoric acid groups is 3. The van der Waals surface area contributed by atoms with E-state index in [1.165, 1.54) is 10.9 Å². The van der Waals surface area contributed by atoms with Crippen LogP contribution in [0.3, 0.4) is 0 Å². The molecule has 2 radical (unpaired) electrons. The van der Waals surface area contributed by atoms with Crippen LogP contribution in [0, 0.1) is 0 Å². The van der Waals surface area contributed by atoms with Crippen molar-refractivity contribution < 1.29 is 77.8 Å². The fourth-order valence-electron chi connectivity index (χ4n) is 2.62. The molecule has 3 rings (SSSR count). The minimum absolute atomic E-state index is 0. The molecule has 0 bridgehead atoms. The molecule has 1 fully saturated rings. The molecule has 2 aromatic heterocycles. The molecular formula is C10H20N5Na2O16P3-2. The zero-order valence-corrected chi connectivity index (χ0v) is 25.0. The van der Waals surface area contributed by atoms with Gasteiger partial charge < -0.3 is 61.3 Å². The van der Waals surface area contributed by atoms with Crippen molar-refractivity contribution in [3.05, 3.63) is 12.7 Å². The molecule has 2 aromatic rings. The van der Waals surface area contributed by atoms with Crippen LogP contribution in [0.4, 0.5) is 5.82 Å². The Morgan fingerprint density at radius 2 is 1.58 bits per heavy atom. The van der Waals surface area contributed by atoms with Gasteiger partial charge in [-0.3, -0.25) is 13.4 Å². The summed E-state index contributed by atoms with van der Waals surface area (Å²) in [5.41, 5.74) is 5.97. The number of nitrogens with two attached hydrogens (primary N) is 1. The molecule has 1 aliphatic heterocycles. The molecule has 0 spiro atoms. The average Bonchev–Trinajstić information content (AvgIpc) is 3.13. The molecule has 0 aromatic carbocycles. The minimum atomic E-state index is -6.04. The van der Waals surface area contributed by atoms with Gasteiger partial charge in [-0.1, -0.05) is 0 Å². The molecule has 200 valence electrons. The van der Waals surface area contributed by atoms with E-state index in [0.29, 0.717) is 0 Å². The van der Waals surface area contributed by atoms with Crippen LogP contribution in [-0.2, 0) is 31.6 Å². The topological polar surface area (TPSA) is 379 Å². The number of aromatic nitrogens is 4. The number of anilines is 1. The summed E-state index contributed by atoms with van der Waals surface area (Å²) in [6.45, 7) is -0.987. The van der Waals surface area contributed by atoms with Gasteiger partial charge in [-0.2, -0.15) is 4.31 Å². The van der Waals surface area contributed by atoms with Crippen molar-refractivity contribution >= 4 is 99.6 Å². The summed E-state index contributed by atoms with van der Waals surface area (Å²) in [6, 6.07) is 0. The van der Waals surface area contributed by atoms with Gasteiger partial charge in [-0.15, -0.1) is 0 Å². The smallest absolute Gasteiger partial charge is 0.484 e. The Hall–Kier alpha value is 0.520. The third-order valence-corrected chi connectivity index (χ3v) is 7.56. The second-order valence-corrected chi connectivity index (χ2v) is 10.3. The first-order valence-electron chi connectivity index (χ1n) is 7.88. The van der Waals surface area contributed by atoms with Gasteiger partial charge in [0, 0.05) is 59.1 Å². The van der Waals surface area contributed by atoms with Crippen molar-refractivity contribution in [2.75, 3.05) is 12.3 Å². The number of aliphatic hydroxyl groups excluding tert-OH is 2. The van der Waals surface area contributed by atoms with E-state index >= 15 is 0 Å². The van der Waals surface area contributed by atoms with E-state index < -0.39 is 54.6 Å². The van der Waals surface area contributed by atoms with Crippen LogP contribution in [-0.4, -0.2) is 140 Å². The standard InChI is InChI=1S/C10H16N5O13P3.2Na.3H2O/c11-8-5-9(13-2-12-8)15(3-14-5)10-7(17)6(16)4(26-10)1-25-30(21,22)28-31(23,24)27-29(18,19)20;;;;;/h2-4,6-7,10,16-17H,1H2,(H,21,22)(H,23,24)(H2,11,12,13)(H2,18,19,20);;;3*1H2/p-2/t4-,6+,7?,10-;;;;;/m1...../s1. The summed E-state index contributed by atoms with van der Waals surface area (Å²) in [5, 5.41) is 20.4. The number of nitrogens with zero attached hydrogens (tertiary/aromatic N) is 4. The van der Waals surface area contributed by atoms with Gasteiger partial charge in [-0.25, -0.2) is 24.1 Å². The third kappa shape index (κ3) is 10.2. The third-order valence-electron chi connectivity index (χ3n) is 3.81. The summed E-state index contributed by atoms with van der Waals surface area (Å²) in [6.07, 6.45) is -3.79. The van der Waals surface area contributed by atoms with Gasteiger partial charge in [0.1, 0.15) is 30.2 Å². The number of hydrogen-bond donors (Lipinski definition) is 5. The molecule has 3 heterocycles. The summed E-state index contributed by atoms with van der Waals surface area (Å²) >= 11 is 0. The van der Waals surface area contributed by atoms with Crippen molar-refractivity contribution in [1.82, 2.24) is 19.5 Å². The molecule has 1 aliphatic rings. The Labute approximate surface area is 244 Å². The number of nitrogen functional groups attached to an aromatic ring is 1. The van der Waals surface area contributed by atoms with Crippen LogP contribution in [0.2, 0.25) is 0 Å². The second-order valence-electron chi connectivity index (χ2n) is 5.97. The molecular weight excluding hydrogens is 585 g/mol. The van der Waals surface area contributed by atoms with Crippen LogP contribution < -0.4 is 15.5 Å². The van der Waals surface area contributed by atoms with E-state index in [2.05, 4.69) is 28.1 Å². The van der Waals surface area contributed by atoms with Crippen LogP contribution in [0.15, 0.2) is 12.7 Å². The predicted molar refractivity (Wildman–Crippen MR) is 113 cm³/mol. The van der Waals surface area contributed by atoms with Crippen LogP contribution in [0.25, 0.3) is 11.2 Å². The normalized spacial score (nSPS) is 24.5. The van der Waals surface area contributed by atoms with Crippen molar-refractivity contribution in [3.63, 3.8) is 0 Å². The van der Waals surface area contributed by atoms with Gasteiger partial charge in [0.2, 0.25) is 0 Å². The molecule has 3 unspecified atom stereocenters. The summed E-state index contributed by atoms with van der Waals surface area (Å²) in [7, 11) is -17.4. The number of fused-ring (bicyclic) bond motifs is 1. The van der Waals surface area contributed by atoms with Gasteiger partial charge >= 0.3 is 15.6 Å². The van der Waals surface area contributed by atoms with Crippen LogP contribution >= 0.6 is 23.5 Å². The molecule has 0 amide bonds. The van der Waals surface area contributed by atoms with E-state index in [-0.39, 0.29) is 92.5 Å². The van der Waals surface area contributed by atoms with Gasteiger partial charge in [0.15, 0.2) is 17.7 Å². The first kappa shape index (κ1) is 41.0. The van der Waals surface area contributed by atoms with E-state index in [1.807, 2.05) is 0 Å². The fourth-order valence-corrected chi connectivity index (χ4v) is 5.58. The molecule has 26 heteroatoms. The Morgan fingerprint density at radius 1 is 1.00 bits per heavy atom. The average molecular weight is 605 g/mol. The Balaban J connectivity index is -0.00000218. The Kier molecular flexibility index (Phi) is 17.5. The van der Waals surface area contributed by atoms with E-state index in [9.17, 15) is 38.6 Å². The zero-order chi connectivity index (χ0) is 23.2. The van der Waals surface area contributed by atoms with Crippen LogP contribution in [0.5, 0.6) is 0 Å². The van der Waals surface area contributed by atoms with Gasteiger partial charge in [0.05, 0.1) is 20.8 Å². The quantitative estimate of drug-likeness (QED) is 0.138. The monoisotopic (exact) mass is 605 g/mol. The molecule has 6 atom stereocenters. The van der Waals surface area contributed by atoms with Crippen molar-refractivity contribution in [2.45, 2.75) is 24.5 Å². The Morgan fingerprint density at radius 3 is 2.14 bits per heavy atom. The second kappa shape index (κ2) is 15.3. The first-order chi connectivity index (χ1) is 14.2. The number of phosphoric ester groups is 1.